The molecule has 96 valence electrons. The first-order chi connectivity index (χ1) is 7.81. The van der Waals surface area contributed by atoms with Crippen molar-refractivity contribution in [3.8, 4) is 0 Å². The molecule has 0 spiro atoms. The third-order valence-electron chi connectivity index (χ3n) is 2.40. The molecule has 0 N–H and O–H groups in total. The molecule has 7 heteroatoms. The quantitative estimate of drug-likeness (QED) is 0.802. The summed E-state index contributed by atoms with van der Waals surface area (Å²) in [6.45, 7) is 6.57. The minimum absolute atomic E-state index is 0.0275. The predicted octanol–water partition coefficient (Wildman–Crippen LogP) is 2.47. The smallest absolute Gasteiger partial charge is 0.263 e. The molecule has 0 unspecified atom stereocenters. The van der Waals surface area contributed by atoms with Gasteiger partial charge in [-0.3, -0.25) is 4.79 Å². The third kappa shape index (κ3) is 3.20. The fourth-order valence-electron chi connectivity index (χ4n) is 1.48. The van der Waals surface area contributed by atoms with Crippen LogP contribution >= 0.6 is 22.0 Å². The van der Waals surface area contributed by atoms with Crippen LogP contribution in [0.25, 0.3) is 0 Å². The van der Waals surface area contributed by atoms with Crippen molar-refractivity contribution in [1.29, 1.82) is 0 Å². The van der Waals surface area contributed by atoms with Gasteiger partial charge in [0.1, 0.15) is 0 Å². The number of carbonyl (C=O) groups is 1. The van der Waals surface area contributed by atoms with Gasteiger partial charge in [0.05, 0.1) is 9.77 Å². The molecule has 0 saturated heterocycles. The van der Waals surface area contributed by atoms with E-state index in [1.165, 1.54) is 6.07 Å². The largest absolute Gasteiger partial charge is 0.339 e. The standard InChI is InChI=1S/C10H14ClNO3S2/c1-4-12(5-2)10(13)8-6-9(7(3)16-8)17(11,14)15/h6H,4-5H2,1-3H3. The van der Waals surface area contributed by atoms with E-state index in [1.54, 1.807) is 11.8 Å². The van der Waals surface area contributed by atoms with Gasteiger partial charge < -0.3 is 4.90 Å². The van der Waals surface area contributed by atoms with Gasteiger partial charge in [-0.2, -0.15) is 0 Å². The number of hydrogen-bond donors (Lipinski definition) is 0. The molecule has 1 amide bonds. The first kappa shape index (κ1) is 14.5. The van der Waals surface area contributed by atoms with E-state index in [9.17, 15) is 13.2 Å². The van der Waals surface area contributed by atoms with Gasteiger partial charge in [0.15, 0.2) is 0 Å². The molecule has 0 fully saturated rings. The molecule has 0 bridgehead atoms. The molecule has 0 atom stereocenters. The van der Waals surface area contributed by atoms with Crippen LogP contribution in [0.3, 0.4) is 0 Å². The van der Waals surface area contributed by atoms with Gasteiger partial charge in [0.25, 0.3) is 15.0 Å². The highest BCUT2D eigenvalue weighted by Gasteiger charge is 2.22. The molecule has 0 aliphatic heterocycles. The van der Waals surface area contributed by atoms with Gasteiger partial charge in [-0.15, -0.1) is 11.3 Å². The zero-order valence-corrected chi connectivity index (χ0v) is 12.2. The Morgan fingerprint density at radius 1 is 1.41 bits per heavy atom. The molecular formula is C10H14ClNO3S2. The highest BCUT2D eigenvalue weighted by molar-refractivity contribution is 8.13. The lowest BCUT2D eigenvalue weighted by molar-refractivity contribution is 0.0777. The molecule has 17 heavy (non-hydrogen) atoms. The molecule has 1 aromatic rings. The van der Waals surface area contributed by atoms with Gasteiger partial charge in [-0.05, 0) is 26.8 Å². The van der Waals surface area contributed by atoms with E-state index >= 15 is 0 Å². The van der Waals surface area contributed by atoms with Crippen LogP contribution in [0.1, 0.15) is 28.4 Å². The number of aryl methyl sites for hydroxylation is 1. The van der Waals surface area contributed by atoms with Gasteiger partial charge in [-0.25, -0.2) is 8.42 Å². The Morgan fingerprint density at radius 3 is 2.29 bits per heavy atom. The first-order valence-corrected chi connectivity index (χ1v) is 8.28. The third-order valence-corrected chi connectivity index (χ3v) is 5.01. The topological polar surface area (TPSA) is 54.5 Å². The maximum absolute atomic E-state index is 12.0. The number of hydrogen-bond acceptors (Lipinski definition) is 4. The molecule has 1 rings (SSSR count). The number of thiophene rings is 1. The first-order valence-electron chi connectivity index (χ1n) is 5.15. The van der Waals surface area contributed by atoms with Crippen LogP contribution in [-0.4, -0.2) is 32.3 Å². The molecule has 1 heterocycles. The van der Waals surface area contributed by atoms with Crippen molar-refractivity contribution in [3.05, 3.63) is 15.8 Å². The number of rotatable bonds is 4. The van der Waals surface area contributed by atoms with E-state index in [2.05, 4.69) is 0 Å². The van der Waals surface area contributed by atoms with Gasteiger partial charge >= 0.3 is 0 Å². The SMILES string of the molecule is CCN(CC)C(=O)c1cc(S(=O)(=O)Cl)c(C)s1. The normalized spacial score (nSPS) is 11.5. The number of carbonyl (C=O) groups excluding carboxylic acids is 1. The van der Waals surface area contributed by atoms with E-state index in [0.717, 1.165) is 11.3 Å². The molecule has 0 aromatic carbocycles. The van der Waals surface area contributed by atoms with E-state index in [0.29, 0.717) is 22.8 Å². The van der Waals surface area contributed by atoms with Crippen LogP contribution in [0.2, 0.25) is 0 Å². The molecule has 4 nitrogen and oxygen atoms in total. The minimum atomic E-state index is -3.77. The summed E-state index contributed by atoms with van der Waals surface area (Å²) in [4.78, 5) is 14.6. The highest BCUT2D eigenvalue weighted by atomic mass is 35.7. The second-order valence-electron chi connectivity index (χ2n) is 3.45. The van der Waals surface area contributed by atoms with Gasteiger partial charge in [0.2, 0.25) is 0 Å². The zero-order valence-electron chi connectivity index (χ0n) is 9.86. The fourth-order valence-corrected chi connectivity index (χ4v) is 4.11. The minimum Gasteiger partial charge on any atom is -0.339 e. The Labute approximate surface area is 110 Å². The van der Waals surface area contributed by atoms with Crippen molar-refractivity contribution in [1.82, 2.24) is 4.90 Å². The average molecular weight is 296 g/mol. The fraction of sp³-hybridized carbons (Fsp3) is 0.500. The summed E-state index contributed by atoms with van der Waals surface area (Å²) < 4.78 is 22.5. The Hall–Kier alpha value is -0.590. The zero-order chi connectivity index (χ0) is 13.2. The summed E-state index contributed by atoms with van der Waals surface area (Å²) in [6.07, 6.45) is 0. The van der Waals surface area contributed by atoms with Gasteiger partial charge in [0, 0.05) is 28.6 Å². The molecule has 0 aliphatic rings. The molecule has 0 radical (unpaired) electrons. The molecule has 0 saturated carbocycles. The van der Waals surface area contributed by atoms with Gasteiger partial charge in [-0.1, -0.05) is 0 Å². The summed E-state index contributed by atoms with van der Waals surface area (Å²) in [5.41, 5.74) is 0. The lowest BCUT2D eigenvalue weighted by Crippen LogP contribution is -2.29. The van der Waals surface area contributed by atoms with Crippen LogP contribution in [0.4, 0.5) is 0 Å². The lowest BCUT2D eigenvalue weighted by Gasteiger charge is -2.17. The molecular weight excluding hydrogens is 282 g/mol. The van der Waals surface area contributed by atoms with E-state index in [-0.39, 0.29) is 10.8 Å². The van der Waals surface area contributed by atoms with Crippen LogP contribution in [0.5, 0.6) is 0 Å². The second kappa shape index (κ2) is 5.37. The van der Waals surface area contributed by atoms with Crippen molar-refractivity contribution >= 4 is 37.0 Å². The summed E-state index contributed by atoms with van der Waals surface area (Å²) in [7, 11) is 1.51. The van der Waals surface area contributed by atoms with Crippen molar-refractivity contribution in [2.75, 3.05) is 13.1 Å². The van der Waals surface area contributed by atoms with E-state index in [1.807, 2.05) is 13.8 Å². The average Bonchev–Trinajstić information content (AvgIpc) is 2.61. The summed E-state index contributed by atoms with van der Waals surface area (Å²) >= 11 is 1.15. The number of halogens is 1. The number of amides is 1. The van der Waals surface area contributed by atoms with Crippen LogP contribution in [-0.2, 0) is 9.05 Å². The van der Waals surface area contributed by atoms with E-state index in [4.69, 9.17) is 10.7 Å². The van der Waals surface area contributed by atoms with Crippen LogP contribution < -0.4 is 0 Å². The number of nitrogens with zero attached hydrogens (tertiary/aromatic N) is 1. The monoisotopic (exact) mass is 295 g/mol. The lowest BCUT2D eigenvalue weighted by atomic mass is 10.3. The van der Waals surface area contributed by atoms with Crippen molar-refractivity contribution < 1.29 is 13.2 Å². The Balaban J connectivity index is 3.14. The van der Waals surface area contributed by atoms with Crippen LogP contribution in [0.15, 0.2) is 11.0 Å². The molecule has 1 aromatic heterocycles. The van der Waals surface area contributed by atoms with Crippen molar-refractivity contribution in [3.63, 3.8) is 0 Å². The maximum Gasteiger partial charge on any atom is 0.263 e. The summed E-state index contributed by atoms with van der Waals surface area (Å²) in [6, 6.07) is 1.35. The Kier molecular flexibility index (Phi) is 4.57. The van der Waals surface area contributed by atoms with E-state index < -0.39 is 9.05 Å². The van der Waals surface area contributed by atoms with Crippen LogP contribution in [0, 0.1) is 6.92 Å². The summed E-state index contributed by atoms with van der Waals surface area (Å²) in [5.74, 6) is -0.158. The molecule has 0 aliphatic carbocycles. The Bertz CT molecular complexity index is 518. The predicted molar refractivity (Wildman–Crippen MR) is 69.3 cm³/mol. The van der Waals surface area contributed by atoms with Crippen molar-refractivity contribution in [2.45, 2.75) is 25.7 Å². The second-order valence-corrected chi connectivity index (χ2v) is 7.24. The highest BCUT2D eigenvalue weighted by Crippen LogP contribution is 2.28. The summed E-state index contributed by atoms with van der Waals surface area (Å²) in [5, 5.41) is 0. The van der Waals surface area contributed by atoms with Crippen molar-refractivity contribution in [2.24, 2.45) is 0 Å². The Morgan fingerprint density at radius 2 is 1.94 bits per heavy atom. The maximum atomic E-state index is 12.0.